The van der Waals surface area contributed by atoms with Gasteiger partial charge in [0, 0.05) is 9.75 Å². The van der Waals surface area contributed by atoms with E-state index in [1.807, 2.05) is 12.1 Å². The molecule has 2 heterocycles. The van der Waals surface area contributed by atoms with Gasteiger partial charge in [-0.1, -0.05) is 20.8 Å². The maximum atomic E-state index is 11.9. The molecule has 2 aromatic heterocycles. The van der Waals surface area contributed by atoms with Gasteiger partial charge in [-0.3, -0.25) is 14.3 Å². The highest BCUT2D eigenvalue weighted by Crippen LogP contribution is 2.22. The van der Waals surface area contributed by atoms with Crippen molar-refractivity contribution in [1.29, 1.82) is 0 Å². The first-order chi connectivity index (χ1) is 9.43. The van der Waals surface area contributed by atoms with Crippen LogP contribution in [0, 0.1) is 0 Å². The van der Waals surface area contributed by atoms with Gasteiger partial charge in [0.25, 0.3) is 5.56 Å². The van der Waals surface area contributed by atoms with E-state index in [4.69, 9.17) is 0 Å². The molecule has 0 atom stereocenters. The number of H-pyrrole nitrogens is 1. The number of rotatable bonds is 4. The summed E-state index contributed by atoms with van der Waals surface area (Å²) < 4.78 is 1.21. The first kappa shape index (κ1) is 14.6. The molecule has 20 heavy (non-hydrogen) atoms. The Balaban J connectivity index is 2.49. The standard InChI is InChI=1S/C14H18N2O3S/c1-4-9-5-6-10(20-9)7-16-13(18)11(8(2)3)12(17)15-14(16)19/h5-6,8,18H,4,7H2,1-3H3,(H,15,17,19). The lowest BCUT2D eigenvalue weighted by Gasteiger charge is -2.12. The summed E-state index contributed by atoms with van der Waals surface area (Å²) >= 11 is 1.60. The number of nitrogens with one attached hydrogen (secondary N) is 1. The van der Waals surface area contributed by atoms with Gasteiger partial charge in [-0.2, -0.15) is 0 Å². The van der Waals surface area contributed by atoms with Crippen LogP contribution in [0.4, 0.5) is 0 Å². The number of hydrogen-bond donors (Lipinski definition) is 2. The zero-order chi connectivity index (χ0) is 14.9. The highest BCUT2D eigenvalue weighted by atomic mass is 32.1. The molecule has 5 nitrogen and oxygen atoms in total. The monoisotopic (exact) mass is 294 g/mol. The second-order valence-electron chi connectivity index (χ2n) is 4.96. The van der Waals surface area contributed by atoms with Crippen LogP contribution in [-0.4, -0.2) is 14.7 Å². The predicted octanol–water partition coefficient (Wildman–Crippen LogP) is 2.04. The smallest absolute Gasteiger partial charge is 0.331 e. The third kappa shape index (κ3) is 2.70. The second-order valence-corrected chi connectivity index (χ2v) is 6.21. The Morgan fingerprint density at radius 2 is 1.95 bits per heavy atom. The van der Waals surface area contributed by atoms with Gasteiger partial charge in [-0.25, -0.2) is 4.79 Å². The van der Waals surface area contributed by atoms with Crippen molar-refractivity contribution < 1.29 is 5.11 Å². The molecule has 0 aliphatic rings. The molecule has 0 saturated heterocycles. The van der Waals surface area contributed by atoms with Crippen LogP contribution in [0.3, 0.4) is 0 Å². The number of aryl methyl sites for hydroxylation is 1. The predicted molar refractivity (Wildman–Crippen MR) is 79.9 cm³/mol. The number of thiophene rings is 1. The van der Waals surface area contributed by atoms with Crippen LogP contribution >= 0.6 is 11.3 Å². The molecule has 0 amide bonds. The van der Waals surface area contributed by atoms with E-state index in [1.54, 1.807) is 25.2 Å². The normalized spacial score (nSPS) is 11.2. The number of aromatic nitrogens is 2. The van der Waals surface area contributed by atoms with Crippen LogP contribution < -0.4 is 11.2 Å². The highest BCUT2D eigenvalue weighted by molar-refractivity contribution is 7.11. The van der Waals surface area contributed by atoms with E-state index in [1.165, 1.54) is 9.44 Å². The van der Waals surface area contributed by atoms with E-state index < -0.39 is 11.2 Å². The molecule has 0 unspecified atom stereocenters. The maximum absolute atomic E-state index is 11.9. The van der Waals surface area contributed by atoms with Gasteiger partial charge in [0.15, 0.2) is 0 Å². The van der Waals surface area contributed by atoms with Crippen molar-refractivity contribution in [2.75, 3.05) is 0 Å². The Bertz CT molecular complexity index is 725. The molecule has 2 aromatic rings. The van der Waals surface area contributed by atoms with Crippen LogP contribution in [0.15, 0.2) is 21.7 Å². The zero-order valence-electron chi connectivity index (χ0n) is 11.8. The van der Waals surface area contributed by atoms with Gasteiger partial charge >= 0.3 is 5.69 Å². The van der Waals surface area contributed by atoms with E-state index in [2.05, 4.69) is 11.9 Å². The minimum Gasteiger partial charge on any atom is -0.494 e. The van der Waals surface area contributed by atoms with E-state index in [0.29, 0.717) is 0 Å². The summed E-state index contributed by atoms with van der Waals surface area (Å²) in [5.74, 6) is -0.389. The number of nitrogens with zero attached hydrogens (tertiary/aromatic N) is 1. The van der Waals surface area contributed by atoms with Gasteiger partial charge in [0.05, 0.1) is 12.1 Å². The zero-order valence-corrected chi connectivity index (χ0v) is 12.6. The molecule has 0 aromatic carbocycles. The number of aromatic hydroxyl groups is 1. The first-order valence-electron chi connectivity index (χ1n) is 6.57. The summed E-state index contributed by atoms with van der Waals surface area (Å²) in [6, 6.07) is 3.95. The van der Waals surface area contributed by atoms with Crippen molar-refractivity contribution in [2.24, 2.45) is 0 Å². The second kappa shape index (κ2) is 5.66. The van der Waals surface area contributed by atoms with Crippen LogP contribution in [0.5, 0.6) is 5.88 Å². The van der Waals surface area contributed by atoms with Crippen LogP contribution in [0.2, 0.25) is 0 Å². The molecule has 0 spiro atoms. The van der Waals surface area contributed by atoms with Crippen molar-refractivity contribution in [3.05, 3.63) is 48.3 Å². The van der Waals surface area contributed by atoms with Crippen molar-refractivity contribution in [3.63, 3.8) is 0 Å². The minimum absolute atomic E-state index is 0.153. The third-order valence-corrected chi connectivity index (χ3v) is 4.38. The Hall–Kier alpha value is -1.82. The minimum atomic E-state index is -0.580. The first-order valence-corrected chi connectivity index (χ1v) is 7.39. The molecule has 0 bridgehead atoms. The highest BCUT2D eigenvalue weighted by Gasteiger charge is 2.17. The van der Waals surface area contributed by atoms with Crippen molar-refractivity contribution >= 4 is 11.3 Å². The SMILES string of the molecule is CCc1ccc(Cn2c(O)c(C(C)C)c(=O)[nH]c2=O)s1. The molecule has 0 aliphatic heterocycles. The van der Waals surface area contributed by atoms with Gasteiger partial charge in [-0.05, 0) is 24.5 Å². The van der Waals surface area contributed by atoms with Crippen molar-refractivity contribution in [2.45, 2.75) is 39.7 Å². The molecule has 0 aliphatic carbocycles. The molecule has 108 valence electrons. The molecule has 2 rings (SSSR count). The molecule has 6 heteroatoms. The largest absolute Gasteiger partial charge is 0.494 e. The summed E-state index contributed by atoms with van der Waals surface area (Å²) in [5.41, 5.74) is -0.848. The van der Waals surface area contributed by atoms with Gasteiger partial charge in [0.1, 0.15) is 0 Å². The summed E-state index contributed by atoms with van der Waals surface area (Å²) in [4.78, 5) is 28.1. The average molecular weight is 294 g/mol. The summed E-state index contributed by atoms with van der Waals surface area (Å²) in [6.45, 7) is 5.95. The molecule has 2 N–H and O–H groups in total. The molecule has 0 saturated carbocycles. The summed E-state index contributed by atoms with van der Waals surface area (Å²) in [7, 11) is 0. The average Bonchev–Trinajstić information content (AvgIpc) is 2.81. The van der Waals surface area contributed by atoms with Gasteiger partial charge < -0.3 is 5.11 Å². The maximum Gasteiger partial charge on any atom is 0.331 e. The Morgan fingerprint density at radius 1 is 1.30 bits per heavy atom. The fourth-order valence-electron chi connectivity index (χ4n) is 2.10. The van der Waals surface area contributed by atoms with Crippen molar-refractivity contribution in [3.8, 4) is 5.88 Å². The fourth-order valence-corrected chi connectivity index (χ4v) is 3.04. The molecule has 0 fully saturated rings. The van der Waals surface area contributed by atoms with E-state index in [9.17, 15) is 14.7 Å². The van der Waals surface area contributed by atoms with Crippen LogP contribution in [0.1, 0.15) is 42.0 Å². The Morgan fingerprint density at radius 3 is 2.50 bits per heavy atom. The lowest BCUT2D eigenvalue weighted by Crippen LogP contribution is -2.32. The molecular formula is C14H18N2O3S. The van der Waals surface area contributed by atoms with Crippen LogP contribution in [0.25, 0.3) is 0 Å². The number of aromatic amines is 1. The van der Waals surface area contributed by atoms with Crippen molar-refractivity contribution in [1.82, 2.24) is 9.55 Å². The Labute approximate surface area is 120 Å². The lowest BCUT2D eigenvalue weighted by molar-refractivity contribution is 0.399. The quantitative estimate of drug-likeness (QED) is 0.906. The third-order valence-electron chi connectivity index (χ3n) is 3.16. The van der Waals surface area contributed by atoms with Gasteiger partial charge in [-0.15, -0.1) is 11.3 Å². The molecular weight excluding hydrogens is 276 g/mol. The van der Waals surface area contributed by atoms with Gasteiger partial charge in [0.2, 0.25) is 5.88 Å². The number of hydrogen-bond acceptors (Lipinski definition) is 4. The van der Waals surface area contributed by atoms with E-state index in [-0.39, 0.29) is 23.9 Å². The Kier molecular flexibility index (Phi) is 4.13. The summed E-state index contributed by atoms with van der Waals surface area (Å²) in [5, 5.41) is 10.2. The van der Waals surface area contributed by atoms with E-state index in [0.717, 1.165) is 11.3 Å². The van der Waals surface area contributed by atoms with Crippen LogP contribution in [-0.2, 0) is 13.0 Å². The lowest BCUT2D eigenvalue weighted by atomic mass is 10.1. The molecule has 0 radical (unpaired) electrons. The van der Waals surface area contributed by atoms with E-state index >= 15 is 0 Å². The fraction of sp³-hybridized carbons (Fsp3) is 0.429. The topological polar surface area (TPSA) is 75.1 Å². The summed E-state index contributed by atoms with van der Waals surface area (Å²) in [6.07, 6.45) is 0.939.